The topological polar surface area (TPSA) is 0 Å². The van der Waals surface area contributed by atoms with E-state index in [1.165, 1.54) is 63.3 Å². The Morgan fingerprint density at radius 3 is 1.28 bits per heavy atom. The fourth-order valence-electron chi connectivity index (χ4n) is 4.94. The van der Waals surface area contributed by atoms with Crippen LogP contribution in [-0.2, 0) is 0 Å². The van der Waals surface area contributed by atoms with Gasteiger partial charge in [-0.05, 0) is 55.2 Å². The average Bonchev–Trinajstić information content (AvgIpc) is 3.17. The van der Waals surface area contributed by atoms with Gasteiger partial charge in [-0.25, -0.2) is 0 Å². The lowest BCUT2D eigenvalue weighted by molar-refractivity contribution is 1.80. The first kappa shape index (κ1) is 15.5. The molecule has 7 aromatic rings. The van der Waals surface area contributed by atoms with Crippen LogP contribution in [0.5, 0.6) is 0 Å². The Morgan fingerprint density at radius 2 is 0.759 bits per heavy atom. The van der Waals surface area contributed by atoms with Crippen molar-refractivity contribution < 1.29 is 0 Å². The smallest absolute Gasteiger partial charge is 0.0362 e. The van der Waals surface area contributed by atoms with Crippen LogP contribution in [0.3, 0.4) is 0 Å². The van der Waals surface area contributed by atoms with Gasteiger partial charge >= 0.3 is 0 Å². The molecule has 29 heavy (non-hydrogen) atoms. The van der Waals surface area contributed by atoms with Crippen LogP contribution in [0, 0.1) is 0 Å². The molecule has 0 amide bonds. The van der Waals surface area contributed by atoms with Gasteiger partial charge < -0.3 is 0 Å². The van der Waals surface area contributed by atoms with Crippen LogP contribution in [0.25, 0.3) is 63.3 Å². The van der Waals surface area contributed by atoms with Gasteiger partial charge in [0, 0.05) is 20.2 Å². The third-order valence-corrected chi connectivity index (χ3v) is 7.33. The van der Waals surface area contributed by atoms with Crippen LogP contribution in [0.4, 0.5) is 0 Å². The molecule has 0 aliphatic carbocycles. The highest BCUT2D eigenvalue weighted by Crippen LogP contribution is 2.45. The van der Waals surface area contributed by atoms with Crippen molar-refractivity contribution >= 4 is 74.6 Å². The number of hydrogen-bond donors (Lipinski definition) is 0. The molecule has 0 N–H and O–H groups in total. The molecule has 0 atom stereocenters. The molecule has 0 aliphatic rings. The first-order valence-electron chi connectivity index (χ1n) is 9.96. The molecule has 1 heterocycles. The summed E-state index contributed by atoms with van der Waals surface area (Å²) in [4.78, 5) is 0. The zero-order chi connectivity index (χ0) is 18.9. The van der Waals surface area contributed by atoms with Gasteiger partial charge in [0.15, 0.2) is 0 Å². The normalized spacial score (nSPS) is 12.1. The summed E-state index contributed by atoms with van der Waals surface area (Å²) in [7, 11) is 0. The van der Waals surface area contributed by atoms with Crippen LogP contribution in [-0.4, -0.2) is 0 Å². The first-order valence-corrected chi connectivity index (χ1v) is 10.8. The van der Waals surface area contributed by atoms with Gasteiger partial charge in [-0.3, -0.25) is 0 Å². The molecule has 0 saturated heterocycles. The van der Waals surface area contributed by atoms with Gasteiger partial charge in [-0.15, -0.1) is 11.3 Å². The Kier molecular flexibility index (Phi) is 2.97. The lowest BCUT2D eigenvalue weighted by Crippen LogP contribution is -1.81. The molecular weight excluding hydrogens is 368 g/mol. The molecule has 0 radical (unpaired) electrons. The van der Waals surface area contributed by atoms with E-state index in [0.717, 1.165) is 0 Å². The molecular formula is C28H16S. The maximum atomic E-state index is 2.30. The molecule has 0 unspecified atom stereocenters. The summed E-state index contributed by atoms with van der Waals surface area (Å²) in [5.74, 6) is 0. The molecule has 134 valence electrons. The molecule has 6 aromatic carbocycles. The van der Waals surface area contributed by atoms with Crippen molar-refractivity contribution in [3.05, 3.63) is 97.1 Å². The van der Waals surface area contributed by atoms with Crippen molar-refractivity contribution in [2.45, 2.75) is 0 Å². The zero-order valence-corrected chi connectivity index (χ0v) is 16.5. The van der Waals surface area contributed by atoms with E-state index >= 15 is 0 Å². The summed E-state index contributed by atoms with van der Waals surface area (Å²) in [5, 5.41) is 13.5. The van der Waals surface area contributed by atoms with E-state index in [4.69, 9.17) is 0 Å². The Morgan fingerprint density at radius 1 is 0.345 bits per heavy atom. The van der Waals surface area contributed by atoms with E-state index in [0.29, 0.717) is 0 Å². The lowest BCUT2D eigenvalue weighted by atomic mass is 9.94. The lowest BCUT2D eigenvalue weighted by Gasteiger charge is -2.09. The minimum Gasteiger partial charge on any atom is -0.135 e. The molecule has 7 rings (SSSR count). The van der Waals surface area contributed by atoms with Crippen molar-refractivity contribution in [1.29, 1.82) is 0 Å². The van der Waals surface area contributed by atoms with Crippen LogP contribution in [0.15, 0.2) is 97.1 Å². The minimum atomic E-state index is 1.30. The van der Waals surface area contributed by atoms with Crippen LogP contribution < -0.4 is 0 Å². The van der Waals surface area contributed by atoms with Gasteiger partial charge in [-0.2, -0.15) is 0 Å². The third kappa shape index (κ3) is 2.03. The first-order chi connectivity index (χ1) is 14.4. The number of hydrogen-bond acceptors (Lipinski definition) is 1. The van der Waals surface area contributed by atoms with E-state index in [2.05, 4.69) is 97.1 Å². The molecule has 1 heteroatoms. The van der Waals surface area contributed by atoms with Gasteiger partial charge in [0.2, 0.25) is 0 Å². The van der Waals surface area contributed by atoms with E-state index in [9.17, 15) is 0 Å². The second-order valence-corrected chi connectivity index (χ2v) is 8.83. The number of thiophene rings is 1. The Bertz CT molecular complexity index is 1620. The average molecular weight is 385 g/mol. The summed E-state index contributed by atoms with van der Waals surface area (Å²) in [5.41, 5.74) is 0. The molecule has 0 saturated carbocycles. The van der Waals surface area contributed by atoms with Crippen molar-refractivity contribution in [1.82, 2.24) is 0 Å². The molecule has 0 spiro atoms. The summed E-state index contributed by atoms with van der Waals surface area (Å²) < 4.78 is 2.73. The van der Waals surface area contributed by atoms with Crippen LogP contribution >= 0.6 is 11.3 Å². The van der Waals surface area contributed by atoms with Crippen molar-refractivity contribution in [3.8, 4) is 0 Å². The minimum absolute atomic E-state index is 1.30. The standard InChI is InChI=1S/C28H16S/c1-3-7-21-17(5-1)9-11-19-13-15-23-27(25(19)21)28-24(29-23)16-14-20-12-10-18-6-2-4-8-22(18)26(20)28/h1-16H. The second-order valence-electron chi connectivity index (χ2n) is 7.75. The summed E-state index contributed by atoms with van der Waals surface area (Å²) in [6.07, 6.45) is 0. The maximum absolute atomic E-state index is 2.30. The molecule has 0 aliphatic heterocycles. The van der Waals surface area contributed by atoms with Crippen molar-refractivity contribution in [2.24, 2.45) is 0 Å². The largest absolute Gasteiger partial charge is 0.135 e. The maximum Gasteiger partial charge on any atom is 0.0362 e. The second kappa shape index (κ2) is 5.56. The van der Waals surface area contributed by atoms with E-state index < -0.39 is 0 Å². The molecule has 0 nitrogen and oxygen atoms in total. The number of fused-ring (bicyclic) bond motifs is 11. The predicted molar refractivity (Wildman–Crippen MR) is 129 cm³/mol. The molecule has 0 bridgehead atoms. The Labute approximate surface area is 171 Å². The highest BCUT2D eigenvalue weighted by atomic mass is 32.1. The van der Waals surface area contributed by atoms with Gasteiger partial charge in [0.05, 0.1) is 0 Å². The third-order valence-electron chi connectivity index (χ3n) is 6.21. The van der Waals surface area contributed by atoms with Gasteiger partial charge in [0.1, 0.15) is 0 Å². The fourth-order valence-corrected chi connectivity index (χ4v) is 6.06. The van der Waals surface area contributed by atoms with Gasteiger partial charge in [-0.1, -0.05) is 84.9 Å². The quantitative estimate of drug-likeness (QED) is 0.229. The fraction of sp³-hybridized carbons (Fsp3) is 0. The summed E-state index contributed by atoms with van der Waals surface area (Å²) in [6.45, 7) is 0. The zero-order valence-electron chi connectivity index (χ0n) is 15.6. The van der Waals surface area contributed by atoms with Crippen molar-refractivity contribution in [3.63, 3.8) is 0 Å². The van der Waals surface area contributed by atoms with Crippen molar-refractivity contribution in [2.75, 3.05) is 0 Å². The van der Waals surface area contributed by atoms with Gasteiger partial charge in [0.25, 0.3) is 0 Å². The molecule has 0 fully saturated rings. The molecule has 1 aromatic heterocycles. The van der Waals surface area contributed by atoms with Crippen LogP contribution in [0.2, 0.25) is 0 Å². The van der Waals surface area contributed by atoms with E-state index in [1.54, 1.807) is 0 Å². The van der Waals surface area contributed by atoms with E-state index in [-0.39, 0.29) is 0 Å². The SMILES string of the molecule is c1ccc2c(c1)ccc1ccc3sc4ccc5ccc6ccccc6c5c4c3c12. The van der Waals surface area contributed by atoms with Crippen LogP contribution in [0.1, 0.15) is 0 Å². The van der Waals surface area contributed by atoms with E-state index in [1.807, 2.05) is 11.3 Å². The number of rotatable bonds is 0. The monoisotopic (exact) mass is 384 g/mol. The summed E-state index contributed by atoms with van der Waals surface area (Å²) >= 11 is 1.91. The predicted octanol–water partition coefficient (Wildman–Crippen LogP) is 8.67. The highest BCUT2D eigenvalue weighted by Gasteiger charge is 2.15. The highest BCUT2D eigenvalue weighted by molar-refractivity contribution is 7.26. The summed E-state index contributed by atoms with van der Waals surface area (Å²) in [6, 6.07) is 35.7. The Hall–Kier alpha value is -3.42. The number of benzene rings is 6. The Balaban J connectivity index is 1.88.